The smallest absolute Gasteiger partial charge is 0.232 e. The van der Waals surface area contributed by atoms with E-state index in [1.165, 1.54) is 17.3 Å². The molecule has 0 atom stereocenters. The van der Waals surface area contributed by atoms with Gasteiger partial charge in [-0.05, 0) is 56.2 Å². The molecule has 4 rings (SSSR count). The second-order valence-electron chi connectivity index (χ2n) is 7.81. The molecule has 3 aromatic rings. The summed E-state index contributed by atoms with van der Waals surface area (Å²) in [5.74, 6) is 0.933. The van der Waals surface area contributed by atoms with Crippen LogP contribution in [0, 0.1) is 6.92 Å². The summed E-state index contributed by atoms with van der Waals surface area (Å²) in [7, 11) is -3.36. The van der Waals surface area contributed by atoms with Gasteiger partial charge in [-0.25, -0.2) is 8.42 Å². The molecule has 8 nitrogen and oxygen atoms in total. The number of carbonyl (C=O) groups excluding carboxylic acids is 1. The lowest BCUT2D eigenvalue weighted by atomic mass is 10.1. The molecular weight excluding hydrogens is 446 g/mol. The highest BCUT2D eigenvalue weighted by atomic mass is 32.2. The summed E-state index contributed by atoms with van der Waals surface area (Å²) in [6.07, 6.45) is 3.35. The second kappa shape index (κ2) is 9.33. The van der Waals surface area contributed by atoms with Gasteiger partial charge in [0.15, 0.2) is 10.9 Å². The van der Waals surface area contributed by atoms with E-state index in [4.69, 9.17) is 0 Å². The minimum absolute atomic E-state index is 0.0675. The van der Waals surface area contributed by atoms with Crippen LogP contribution < -0.4 is 9.62 Å². The molecule has 0 spiro atoms. The van der Waals surface area contributed by atoms with Gasteiger partial charge in [0, 0.05) is 24.3 Å². The van der Waals surface area contributed by atoms with E-state index in [0.717, 1.165) is 43.8 Å². The summed E-state index contributed by atoms with van der Waals surface area (Å²) >= 11 is 1.34. The van der Waals surface area contributed by atoms with Gasteiger partial charge in [0.1, 0.15) is 0 Å². The maximum Gasteiger partial charge on any atom is 0.232 e. The highest BCUT2D eigenvalue weighted by Crippen LogP contribution is 2.29. The number of nitrogens with zero attached hydrogens (tertiary/aromatic N) is 4. The standard InChI is InChI=1S/C22H25N5O3S2/c1-16-5-11-19(12-6-16)27-21(26-13-3-4-14-26)23-24-22(27)31-15-20(28)17-7-9-18(10-8-17)25-32(2,29)30/h5-12,25H,3-4,13-15H2,1-2H3. The van der Waals surface area contributed by atoms with Crippen LogP contribution in [-0.2, 0) is 10.0 Å². The van der Waals surface area contributed by atoms with Crippen molar-refractivity contribution in [2.75, 3.05) is 34.7 Å². The number of aromatic nitrogens is 3. The summed E-state index contributed by atoms with van der Waals surface area (Å²) in [6, 6.07) is 14.6. The molecule has 2 heterocycles. The molecule has 0 saturated carbocycles. The SMILES string of the molecule is Cc1ccc(-n2c(SCC(=O)c3ccc(NS(C)(=O)=O)cc3)nnc2N2CCCC2)cc1. The van der Waals surface area contributed by atoms with E-state index >= 15 is 0 Å². The van der Waals surface area contributed by atoms with Crippen molar-refractivity contribution >= 4 is 39.2 Å². The van der Waals surface area contributed by atoms with Gasteiger partial charge >= 0.3 is 0 Å². The second-order valence-corrected chi connectivity index (χ2v) is 10.5. The number of hydrogen-bond donors (Lipinski definition) is 1. The van der Waals surface area contributed by atoms with Gasteiger partial charge in [-0.1, -0.05) is 29.5 Å². The summed E-state index contributed by atoms with van der Waals surface area (Å²) < 4.78 is 27.1. The first-order valence-electron chi connectivity index (χ1n) is 10.3. The third kappa shape index (κ3) is 5.31. The van der Waals surface area contributed by atoms with Gasteiger partial charge in [0.05, 0.1) is 17.7 Å². The number of ketones is 1. The summed E-state index contributed by atoms with van der Waals surface area (Å²) in [4.78, 5) is 15.0. The zero-order chi connectivity index (χ0) is 22.7. The normalized spacial score (nSPS) is 14.0. The third-order valence-corrected chi connectivity index (χ3v) is 6.68. The molecule has 1 aromatic heterocycles. The summed E-state index contributed by atoms with van der Waals surface area (Å²) in [5, 5.41) is 9.49. The van der Waals surface area contributed by atoms with Crippen LogP contribution in [0.2, 0.25) is 0 Å². The predicted octanol–water partition coefficient (Wildman–Crippen LogP) is 3.52. The van der Waals surface area contributed by atoms with Crippen molar-refractivity contribution in [1.29, 1.82) is 0 Å². The van der Waals surface area contributed by atoms with Crippen LogP contribution in [0.25, 0.3) is 5.69 Å². The van der Waals surface area contributed by atoms with Gasteiger partial charge < -0.3 is 4.90 Å². The maximum absolute atomic E-state index is 12.7. The van der Waals surface area contributed by atoms with E-state index in [1.54, 1.807) is 24.3 Å². The Hall–Kier alpha value is -2.85. The molecule has 0 bridgehead atoms. The number of hydrogen-bond acceptors (Lipinski definition) is 7. The third-order valence-electron chi connectivity index (χ3n) is 5.14. The Labute approximate surface area is 192 Å². The minimum Gasteiger partial charge on any atom is -0.341 e. The predicted molar refractivity (Wildman–Crippen MR) is 128 cm³/mol. The number of anilines is 2. The fraction of sp³-hybridized carbons (Fsp3) is 0.318. The molecule has 0 aliphatic carbocycles. The molecule has 10 heteroatoms. The van der Waals surface area contributed by atoms with Crippen LogP contribution >= 0.6 is 11.8 Å². The maximum atomic E-state index is 12.7. The van der Waals surface area contributed by atoms with Crippen molar-refractivity contribution in [2.45, 2.75) is 24.9 Å². The van der Waals surface area contributed by atoms with Crippen molar-refractivity contribution in [1.82, 2.24) is 14.8 Å². The van der Waals surface area contributed by atoms with E-state index in [9.17, 15) is 13.2 Å². The number of Topliss-reactive ketones (excluding diaryl/α,β-unsaturated/α-hetero) is 1. The van der Waals surface area contributed by atoms with Crippen LogP contribution in [0.15, 0.2) is 53.7 Å². The Bertz CT molecular complexity index is 1200. The van der Waals surface area contributed by atoms with Crippen LogP contribution in [0.4, 0.5) is 11.6 Å². The van der Waals surface area contributed by atoms with Crippen LogP contribution in [0.5, 0.6) is 0 Å². The van der Waals surface area contributed by atoms with Crippen molar-refractivity contribution in [3.8, 4) is 5.69 Å². The Kier molecular flexibility index (Phi) is 6.52. The molecule has 1 saturated heterocycles. The average Bonchev–Trinajstić information content (AvgIpc) is 3.42. The van der Waals surface area contributed by atoms with Crippen LogP contribution in [-0.4, -0.2) is 54.1 Å². The molecule has 32 heavy (non-hydrogen) atoms. The number of benzene rings is 2. The molecule has 2 aromatic carbocycles. The van der Waals surface area contributed by atoms with Gasteiger partial charge in [-0.15, -0.1) is 10.2 Å². The van der Waals surface area contributed by atoms with Crippen LogP contribution in [0.1, 0.15) is 28.8 Å². The lowest BCUT2D eigenvalue weighted by molar-refractivity contribution is 0.102. The number of thioether (sulfide) groups is 1. The number of rotatable bonds is 8. The van der Waals surface area contributed by atoms with Crippen LogP contribution in [0.3, 0.4) is 0 Å². The lowest BCUT2D eigenvalue weighted by Gasteiger charge is -2.18. The Morgan fingerprint density at radius 3 is 2.31 bits per heavy atom. The fourth-order valence-corrected chi connectivity index (χ4v) is 4.95. The Morgan fingerprint density at radius 1 is 1.03 bits per heavy atom. The van der Waals surface area contributed by atoms with E-state index in [2.05, 4.69) is 32.0 Å². The zero-order valence-electron chi connectivity index (χ0n) is 18.0. The van der Waals surface area contributed by atoms with Crippen molar-refractivity contribution in [3.63, 3.8) is 0 Å². The molecular formula is C22H25N5O3S2. The average molecular weight is 472 g/mol. The number of aryl methyl sites for hydroxylation is 1. The Morgan fingerprint density at radius 2 is 1.69 bits per heavy atom. The first-order valence-corrected chi connectivity index (χ1v) is 13.2. The molecule has 1 N–H and O–H groups in total. The molecule has 0 radical (unpaired) electrons. The molecule has 0 unspecified atom stereocenters. The first-order chi connectivity index (χ1) is 15.3. The molecule has 168 valence electrons. The first kappa shape index (κ1) is 22.3. The van der Waals surface area contributed by atoms with Gasteiger partial charge in [0.25, 0.3) is 0 Å². The largest absolute Gasteiger partial charge is 0.341 e. The van der Waals surface area contributed by atoms with E-state index in [0.29, 0.717) is 16.4 Å². The molecule has 1 aliphatic heterocycles. The minimum atomic E-state index is -3.36. The van der Waals surface area contributed by atoms with E-state index in [1.807, 2.05) is 23.6 Å². The molecule has 1 aliphatic rings. The number of nitrogens with one attached hydrogen (secondary N) is 1. The zero-order valence-corrected chi connectivity index (χ0v) is 19.6. The lowest BCUT2D eigenvalue weighted by Crippen LogP contribution is -2.22. The fourth-order valence-electron chi connectivity index (χ4n) is 3.55. The van der Waals surface area contributed by atoms with Gasteiger partial charge in [-0.2, -0.15) is 0 Å². The molecule has 0 amide bonds. The summed E-state index contributed by atoms with van der Waals surface area (Å²) in [6.45, 7) is 3.94. The number of sulfonamides is 1. The number of carbonyl (C=O) groups is 1. The van der Waals surface area contributed by atoms with Gasteiger partial charge in [0.2, 0.25) is 16.0 Å². The highest BCUT2D eigenvalue weighted by molar-refractivity contribution is 7.99. The van der Waals surface area contributed by atoms with E-state index < -0.39 is 10.0 Å². The molecule has 1 fully saturated rings. The monoisotopic (exact) mass is 471 g/mol. The quantitative estimate of drug-likeness (QED) is 0.396. The van der Waals surface area contributed by atoms with Crippen molar-refractivity contribution < 1.29 is 13.2 Å². The van der Waals surface area contributed by atoms with Gasteiger partial charge in [-0.3, -0.25) is 14.1 Å². The van der Waals surface area contributed by atoms with Crippen molar-refractivity contribution in [2.24, 2.45) is 0 Å². The Balaban J connectivity index is 1.52. The summed E-state index contributed by atoms with van der Waals surface area (Å²) in [5.41, 5.74) is 3.07. The van der Waals surface area contributed by atoms with Crippen molar-refractivity contribution in [3.05, 3.63) is 59.7 Å². The highest BCUT2D eigenvalue weighted by Gasteiger charge is 2.23. The van der Waals surface area contributed by atoms with E-state index in [-0.39, 0.29) is 11.5 Å². The topological polar surface area (TPSA) is 97.2 Å².